The van der Waals surface area contributed by atoms with Crippen LogP contribution in [0.5, 0.6) is 0 Å². The molecule has 27 heavy (non-hydrogen) atoms. The third kappa shape index (κ3) is 3.45. The number of halogens is 3. The minimum atomic E-state index is -4.70. The van der Waals surface area contributed by atoms with E-state index in [4.69, 9.17) is 0 Å². The van der Waals surface area contributed by atoms with Crippen molar-refractivity contribution in [3.8, 4) is 0 Å². The number of nitrogens with zero attached hydrogens (tertiary/aromatic N) is 2. The highest BCUT2D eigenvalue weighted by molar-refractivity contribution is 6.07. The lowest BCUT2D eigenvalue weighted by Crippen LogP contribution is -2.27. The maximum atomic E-state index is 13.4. The first-order valence-corrected chi connectivity index (χ1v) is 8.32. The minimum absolute atomic E-state index is 0.112. The van der Waals surface area contributed by atoms with Gasteiger partial charge in [0.2, 0.25) is 0 Å². The molecule has 0 unspecified atom stereocenters. The summed E-state index contributed by atoms with van der Waals surface area (Å²) in [6.07, 6.45) is -4.70. The SMILES string of the molecule is CCn1c(=O)cc(C(F)(F)F)c2cc(C(=O)N(C)c3ccccc3)ccc21. The van der Waals surface area contributed by atoms with E-state index in [-0.39, 0.29) is 23.0 Å². The number of aromatic nitrogens is 1. The topological polar surface area (TPSA) is 42.3 Å². The van der Waals surface area contributed by atoms with Crippen LogP contribution in [-0.4, -0.2) is 17.5 Å². The fourth-order valence-corrected chi connectivity index (χ4v) is 3.04. The van der Waals surface area contributed by atoms with Crippen molar-refractivity contribution in [1.29, 1.82) is 0 Å². The monoisotopic (exact) mass is 374 g/mol. The van der Waals surface area contributed by atoms with Crippen LogP contribution in [0.25, 0.3) is 10.9 Å². The summed E-state index contributed by atoms with van der Waals surface area (Å²) >= 11 is 0. The van der Waals surface area contributed by atoms with Gasteiger partial charge >= 0.3 is 6.18 Å². The van der Waals surface area contributed by atoms with Gasteiger partial charge in [-0.15, -0.1) is 0 Å². The van der Waals surface area contributed by atoms with E-state index in [0.29, 0.717) is 11.8 Å². The number of hydrogen-bond acceptors (Lipinski definition) is 2. The van der Waals surface area contributed by atoms with E-state index in [1.165, 1.54) is 27.7 Å². The summed E-state index contributed by atoms with van der Waals surface area (Å²) in [5.74, 6) is -0.439. The summed E-state index contributed by atoms with van der Waals surface area (Å²) in [7, 11) is 1.56. The van der Waals surface area contributed by atoms with Gasteiger partial charge in [-0.1, -0.05) is 18.2 Å². The molecule has 0 spiro atoms. The number of aryl methyl sites for hydroxylation is 1. The van der Waals surface area contributed by atoms with Crippen LogP contribution in [0.4, 0.5) is 18.9 Å². The molecule has 0 aliphatic rings. The zero-order valence-electron chi connectivity index (χ0n) is 14.7. The Morgan fingerprint density at radius 2 is 1.74 bits per heavy atom. The third-order valence-electron chi connectivity index (χ3n) is 4.43. The van der Waals surface area contributed by atoms with E-state index in [0.717, 1.165) is 0 Å². The van der Waals surface area contributed by atoms with E-state index >= 15 is 0 Å². The van der Waals surface area contributed by atoms with Gasteiger partial charge in [0.25, 0.3) is 11.5 Å². The molecular weight excluding hydrogens is 357 g/mol. The Morgan fingerprint density at radius 1 is 1.07 bits per heavy atom. The molecule has 2 aromatic carbocycles. The molecule has 0 atom stereocenters. The normalized spacial score (nSPS) is 11.6. The second-order valence-corrected chi connectivity index (χ2v) is 6.07. The number of pyridine rings is 1. The van der Waals surface area contributed by atoms with Gasteiger partial charge in [0, 0.05) is 36.3 Å². The van der Waals surface area contributed by atoms with Crippen LogP contribution >= 0.6 is 0 Å². The Morgan fingerprint density at radius 3 is 2.33 bits per heavy atom. The maximum Gasteiger partial charge on any atom is 0.417 e. The van der Waals surface area contributed by atoms with E-state index in [1.807, 2.05) is 0 Å². The number of alkyl halides is 3. The average molecular weight is 374 g/mol. The molecule has 7 heteroatoms. The molecule has 0 saturated carbocycles. The van der Waals surface area contributed by atoms with Gasteiger partial charge < -0.3 is 9.47 Å². The van der Waals surface area contributed by atoms with Gasteiger partial charge in [0.1, 0.15) is 0 Å². The minimum Gasteiger partial charge on any atom is -0.311 e. The Kier molecular flexibility index (Phi) is 4.78. The van der Waals surface area contributed by atoms with Crippen molar-refractivity contribution in [2.45, 2.75) is 19.6 Å². The number of hydrogen-bond donors (Lipinski definition) is 0. The molecular formula is C20H17F3N2O2. The molecule has 140 valence electrons. The fraction of sp³-hybridized carbons (Fsp3) is 0.200. The van der Waals surface area contributed by atoms with Gasteiger partial charge in [-0.2, -0.15) is 13.2 Å². The zero-order valence-corrected chi connectivity index (χ0v) is 14.7. The summed E-state index contributed by atoms with van der Waals surface area (Å²) in [6.45, 7) is 1.90. The average Bonchev–Trinajstić information content (AvgIpc) is 2.65. The van der Waals surface area contributed by atoms with Crippen LogP contribution in [0.1, 0.15) is 22.8 Å². The van der Waals surface area contributed by atoms with E-state index < -0.39 is 23.2 Å². The van der Waals surface area contributed by atoms with Crippen LogP contribution in [0, 0.1) is 0 Å². The van der Waals surface area contributed by atoms with Crippen molar-refractivity contribution in [2.75, 3.05) is 11.9 Å². The summed E-state index contributed by atoms with van der Waals surface area (Å²) in [4.78, 5) is 26.1. The maximum absolute atomic E-state index is 13.4. The Hall–Kier alpha value is -3.09. The van der Waals surface area contributed by atoms with E-state index in [1.54, 1.807) is 44.3 Å². The van der Waals surface area contributed by atoms with Gasteiger partial charge in [-0.3, -0.25) is 9.59 Å². The lowest BCUT2D eigenvalue weighted by molar-refractivity contribution is -0.136. The molecule has 0 radical (unpaired) electrons. The number of carbonyl (C=O) groups is 1. The second kappa shape index (κ2) is 6.90. The molecule has 0 bridgehead atoms. The molecule has 0 fully saturated rings. The Labute approximate surface area is 153 Å². The van der Waals surface area contributed by atoms with Crippen molar-refractivity contribution in [2.24, 2.45) is 0 Å². The predicted octanol–water partition coefficient (Wildman–Crippen LogP) is 4.32. The number of carbonyl (C=O) groups excluding carboxylic acids is 1. The Bertz CT molecular complexity index is 1060. The summed E-state index contributed by atoms with van der Waals surface area (Å²) in [5.41, 5.74) is -0.879. The highest BCUT2D eigenvalue weighted by Gasteiger charge is 2.34. The predicted molar refractivity (Wildman–Crippen MR) is 98.1 cm³/mol. The molecule has 0 aliphatic heterocycles. The highest BCUT2D eigenvalue weighted by Crippen LogP contribution is 2.34. The molecule has 1 amide bonds. The van der Waals surface area contributed by atoms with Crippen molar-refractivity contribution in [1.82, 2.24) is 4.57 Å². The number of benzene rings is 2. The number of rotatable bonds is 3. The van der Waals surface area contributed by atoms with Gasteiger partial charge in [0.15, 0.2) is 0 Å². The second-order valence-electron chi connectivity index (χ2n) is 6.07. The van der Waals surface area contributed by atoms with Crippen molar-refractivity contribution in [3.63, 3.8) is 0 Å². The lowest BCUT2D eigenvalue weighted by Gasteiger charge is -2.19. The van der Waals surface area contributed by atoms with Gasteiger partial charge in [-0.25, -0.2) is 0 Å². The van der Waals surface area contributed by atoms with Crippen LogP contribution in [0.2, 0.25) is 0 Å². The lowest BCUT2D eigenvalue weighted by atomic mass is 10.0. The fourth-order valence-electron chi connectivity index (χ4n) is 3.04. The largest absolute Gasteiger partial charge is 0.417 e. The highest BCUT2D eigenvalue weighted by atomic mass is 19.4. The van der Waals surface area contributed by atoms with Gasteiger partial charge in [-0.05, 0) is 37.3 Å². The molecule has 4 nitrogen and oxygen atoms in total. The number of amides is 1. The number of fused-ring (bicyclic) bond motifs is 1. The van der Waals surface area contributed by atoms with E-state index in [9.17, 15) is 22.8 Å². The summed E-state index contributed by atoms with van der Waals surface area (Å²) in [5, 5.41) is -0.170. The Balaban J connectivity index is 2.18. The zero-order chi connectivity index (χ0) is 19.8. The van der Waals surface area contributed by atoms with Crippen molar-refractivity contribution in [3.05, 3.63) is 76.1 Å². The van der Waals surface area contributed by atoms with Crippen LogP contribution in [-0.2, 0) is 12.7 Å². The van der Waals surface area contributed by atoms with E-state index in [2.05, 4.69) is 0 Å². The first-order chi connectivity index (χ1) is 12.7. The van der Waals surface area contributed by atoms with Crippen LogP contribution < -0.4 is 10.5 Å². The third-order valence-corrected chi connectivity index (χ3v) is 4.43. The molecule has 3 rings (SSSR count). The van der Waals surface area contributed by atoms with Gasteiger partial charge in [0.05, 0.1) is 11.1 Å². The summed E-state index contributed by atoms with van der Waals surface area (Å²) in [6, 6.07) is 13.4. The first kappa shape index (κ1) is 18.7. The smallest absolute Gasteiger partial charge is 0.311 e. The number of para-hydroxylation sites is 1. The molecule has 0 saturated heterocycles. The van der Waals surface area contributed by atoms with Crippen molar-refractivity contribution < 1.29 is 18.0 Å². The van der Waals surface area contributed by atoms with Crippen LogP contribution in [0.15, 0.2) is 59.4 Å². The molecule has 3 aromatic rings. The quantitative estimate of drug-likeness (QED) is 0.685. The molecule has 0 N–H and O–H groups in total. The molecule has 1 aromatic heterocycles. The summed E-state index contributed by atoms with van der Waals surface area (Å²) < 4.78 is 41.6. The van der Waals surface area contributed by atoms with Crippen LogP contribution in [0.3, 0.4) is 0 Å². The number of anilines is 1. The van der Waals surface area contributed by atoms with Crippen molar-refractivity contribution >= 4 is 22.5 Å². The standard InChI is InChI=1S/C20H17F3N2O2/c1-3-25-17-10-9-13(19(27)24(2)14-7-5-4-6-8-14)11-15(17)16(12-18(25)26)20(21,22)23/h4-12H,3H2,1-2H3. The first-order valence-electron chi connectivity index (χ1n) is 8.32. The molecule has 1 heterocycles. The molecule has 0 aliphatic carbocycles.